The van der Waals surface area contributed by atoms with Gasteiger partial charge >= 0.3 is 6.18 Å². The number of alkyl halides is 3. The first kappa shape index (κ1) is 28.2. The molecular weight excluding hydrogens is 455 g/mol. The number of hydrogen-bond donors (Lipinski definition) is 1. The summed E-state index contributed by atoms with van der Waals surface area (Å²) >= 11 is 0. The average molecular weight is 492 g/mol. The van der Waals surface area contributed by atoms with Crippen LogP contribution < -0.4 is 10.2 Å². The molecule has 0 aliphatic carbocycles. The molecule has 3 unspecified atom stereocenters. The molecule has 1 amide bonds. The topological polar surface area (TPSA) is 48.7 Å². The van der Waals surface area contributed by atoms with Gasteiger partial charge in [-0.3, -0.25) is 4.79 Å². The molecule has 5 nitrogen and oxygen atoms in total. The Morgan fingerprint density at radius 1 is 1.20 bits per heavy atom. The third kappa shape index (κ3) is 8.02. The number of likely N-dealkylation sites (N-methyl/N-ethyl adjacent to an activating group) is 1. The Kier molecular flexibility index (Phi) is 10.2. The van der Waals surface area contributed by atoms with Crippen molar-refractivity contribution >= 4 is 17.3 Å². The molecule has 8 heteroatoms. The molecule has 1 N–H and O–H groups in total. The van der Waals surface area contributed by atoms with Crippen LogP contribution in [0.1, 0.15) is 49.4 Å². The third-order valence-corrected chi connectivity index (χ3v) is 5.99. The van der Waals surface area contributed by atoms with E-state index in [4.69, 9.17) is 4.42 Å². The van der Waals surface area contributed by atoms with Gasteiger partial charge in [0.05, 0.1) is 0 Å². The zero-order valence-corrected chi connectivity index (χ0v) is 21.1. The van der Waals surface area contributed by atoms with Crippen molar-refractivity contribution in [2.75, 3.05) is 37.4 Å². The van der Waals surface area contributed by atoms with E-state index in [1.807, 2.05) is 38.1 Å². The van der Waals surface area contributed by atoms with Gasteiger partial charge in [0.25, 0.3) is 5.91 Å². The summed E-state index contributed by atoms with van der Waals surface area (Å²) in [4.78, 5) is 17.2. The Morgan fingerprint density at radius 3 is 2.40 bits per heavy atom. The number of allylic oxidation sites excluding steroid dienone is 3. The fourth-order valence-corrected chi connectivity index (χ4v) is 3.89. The quantitative estimate of drug-likeness (QED) is 0.416. The van der Waals surface area contributed by atoms with E-state index in [0.717, 1.165) is 31.3 Å². The van der Waals surface area contributed by atoms with E-state index in [1.165, 1.54) is 12.1 Å². The van der Waals surface area contributed by atoms with Gasteiger partial charge in [0.1, 0.15) is 5.76 Å². The fourth-order valence-electron chi connectivity index (χ4n) is 3.89. The summed E-state index contributed by atoms with van der Waals surface area (Å²) in [6.07, 6.45) is -0.555. The molecule has 1 aliphatic heterocycles. The Morgan fingerprint density at radius 2 is 1.86 bits per heavy atom. The Labute approximate surface area is 206 Å². The molecule has 2 aromatic rings. The van der Waals surface area contributed by atoms with E-state index in [1.54, 1.807) is 13.0 Å². The van der Waals surface area contributed by atoms with E-state index in [0.29, 0.717) is 11.7 Å². The number of carbonyl (C=O) groups excluding carboxylic acids is 1. The first-order valence-electron chi connectivity index (χ1n) is 11.9. The van der Waals surface area contributed by atoms with Gasteiger partial charge < -0.3 is 19.5 Å². The van der Waals surface area contributed by atoms with E-state index in [9.17, 15) is 18.0 Å². The number of rotatable bonds is 8. The Bertz CT molecular complexity index is 980. The second-order valence-corrected chi connectivity index (χ2v) is 8.58. The maximum Gasteiger partial charge on any atom is 0.409 e. The average Bonchev–Trinajstić information content (AvgIpc) is 3.51. The molecule has 0 spiro atoms. The summed E-state index contributed by atoms with van der Waals surface area (Å²) in [5.41, 5.74) is 1.70. The van der Waals surface area contributed by atoms with Crippen molar-refractivity contribution in [1.82, 2.24) is 4.90 Å². The van der Waals surface area contributed by atoms with Crippen molar-refractivity contribution in [3.8, 4) is 0 Å². The molecule has 3 rings (SSSR count). The molecule has 1 fully saturated rings. The fraction of sp³-hybridized carbons (Fsp3) is 0.444. The van der Waals surface area contributed by atoms with E-state index in [2.05, 4.69) is 35.8 Å². The van der Waals surface area contributed by atoms with Gasteiger partial charge in [-0.15, -0.1) is 6.58 Å². The highest BCUT2D eigenvalue weighted by molar-refractivity contribution is 6.02. The zero-order valence-electron chi connectivity index (χ0n) is 21.1. The SMILES string of the molecule is C=CC(C)C(/C=C/C(F)(F)F)c1ccc(C(=O)Nc2ccc(N3CCC(N(C)C)C3)cc2)o1.CC. The van der Waals surface area contributed by atoms with Gasteiger partial charge in [0.15, 0.2) is 5.76 Å². The van der Waals surface area contributed by atoms with Crippen molar-refractivity contribution < 1.29 is 22.4 Å². The van der Waals surface area contributed by atoms with Crippen LogP contribution in [0.4, 0.5) is 24.5 Å². The molecule has 0 bridgehead atoms. The standard InChI is InChI=1S/C25H30F3N3O2.C2H6/c1-5-17(2)21(12-14-25(26,27)28)22-10-11-23(33-22)24(32)29-18-6-8-19(9-7-18)31-15-13-20(16-31)30(3)4;1-2/h5-12,14,17,20-21H,1,13,15-16H2,2-4H3,(H,29,32);1-2H3/b14-12+;. The van der Waals surface area contributed by atoms with Crippen LogP contribution >= 0.6 is 0 Å². The molecule has 2 heterocycles. The van der Waals surface area contributed by atoms with E-state index >= 15 is 0 Å². The normalized spacial score (nSPS) is 17.7. The maximum absolute atomic E-state index is 12.6. The number of halogens is 3. The molecule has 3 atom stereocenters. The van der Waals surface area contributed by atoms with E-state index < -0.39 is 18.0 Å². The molecule has 0 saturated carbocycles. The number of hydrogen-bond acceptors (Lipinski definition) is 4. The van der Waals surface area contributed by atoms with Gasteiger partial charge in [0, 0.05) is 42.5 Å². The number of benzene rings is 1. The van der Waals surface area contributed by atoms with E-state index in [-0.39, 0.29) is 23.5 Å². The molecular formula is C27H36F3N3O2. The maximum atomic E-state index is 12.6. The van der Waals surface area contributed by atoms with Crippen molar-refractivity contribution in [2.24, 2.45) is 5.92 Å². The monoisotopic (exact) mass is 491 g/mol. The van der Waals surface area contributed by atoms with Crippen LogP contribution in [-0.2, 0) is 0 Å². The lowest BCUT2D eigenvalue weighted by atomic mass is 9.91. The van der Waals surface area contributed by atoms with Crippen molar-refractivity contribution in [3.05, 3.63) is 72.7 Å². The molecule has 1 saturated heterocycles. The lowest BCUT2D eigenvalue weighted by Crippen LogP contribution is -2.31. The Balaban J connectivity index is 0.00000210. The van der Waals surface area contributed by atoms with Crippen LogP contribution in [-0.4, -0.2) is 50.2 Å². The summed E-state index contributed by atoms with van der Waals surface area (Å²) in [5.74, 6) is -1.16. The first-order valence-corrected chi connectivity index (χ1v) is 11.9. The zero-order chi connectivity index (χ0) is 26.2. The van der Waals surface area contributed by atoms with Crippen LogP contribution in [0.25, 0.3) is 0 Å². The molecule has 1 aliphatic rings. The molecule has 1 aromatic carbocycles. The minimum Gasteiger partial charge on any atom is -0.455 e. The smallest absolute Gasteiger partial charge is 0.409 e. The van der Waals surface area contributed by atoms with Crippen molar-refractivity contribution in [3.63, 3.8) is 0 Å². The highest BCUT2D eigenvalue weighted by Gasteiger charge is 2.26. The summed E-state index contributed by atoms with van der Waals surface area (Å²) in [6.45, 7) is 11.3. The van der Waals surface area contributed by atoms with Crippen LogP contribution in [0.5, 0.6) is 0 Å². The second kappa shape index (κ2) is 12.6. The van der Waals surface area contributed by atoms with Gasteiger partial charge in [-0.1, -0.05) is 32.9 Å². The van der Waals surface area contributed by atoms with Crippen LogP contribution in [0.3, 0.4) is 0 Å². The summed E-state index contributed by atoms with van der Waals surface area (Å²) in [7, 11) is 4.17. The number of anilines is 2. The summed E-state index contributed by atoms with van der Waals surface area (Å²) in [5, 5.41) is 2.78. The van der Waals surface area contributed by atoms with Crippen LogP contribution in [0, 0.1) is 5.92 Å². The van der Waals surface area contributed by atoms with Crippen LogP contribution in [0.2, 0.25) is 0 Å². The molecule has 0 radical (unpaired) electrons. The highest BCUT2D eigenvalue weighted by atomic mass is 19.4. The summed E-state index contributed by atoms with van der Waals surface area (Å²) < 4.78 is 43.5. The number of carbonyl (C=O) groups is 1. The second-order valence-electron chi connectivity index (χ2n) is 8.58. The first-order chi connectivity index (χ1) is 16.6. The minimum atomic E-state index is -4.43. The summed E-state index contributed by atoms with van der Waals surface area (Å²) in [6, 6.07) is 11.1. The van der Waals surface area contributed by atoms with Gasteiger partial charge in [-0.25, -0.2) is 0 Å². The van der Waals surface area contributed by atoms with Gasteiger partial charge in [-0.05, 0) is 62.8 Å². The minimum absolute atomic E-state index is 0.0316. The molecule has 192 valence electrons. The van der Waals surface area contributed by atoms with Gasteiger partial charge in [0.2, 0.25) is 0 Å². The van der Waals surface area contributed by atoms with Crippen molar-refractivity contribution in [2.45, 2.75) is 45.3 Å². The number of amides is 1. The number of furan rings is 1. The lowest BCUT2D eigenvalue weighted by Gasteiger charge is -2.22. The predicted molar refractivity (Wildman–Crippen MR) is 136 cm³/mol. The van der Waals surface area contributed by atoms with Crippen molar-refractivity contribution in [1.29, 1.82) is 0 Å². The highest BCUT2D eigenvalue weighted by Crippen LogP contribution is 2.31. The van der Waals surface area contributed by atoms with Gasteiger partial charge in [-0.2, -0.15) is 13.2 Å². The lowest BCUT2D eigenvalue weighted by molar-refractivity contribution is -0.0801. The van der Waals surface area contributed by atoms with Crippen LogP contribution in [0.15, 0.2) is 65.6 Å². The Hall–Kier alpha value is -3.00. The largest absolute Gasteiger partial charge is 0.455 e. The number of nitrogens with one attached hydrogen (secondary N) is 1. The predicted octanol–water partition coefficient (Wildman–Crippen LogP) is 6.72. The third-order valence-electron chi connectivity index (χ3n) is 5.99. The number of nitrogens with zero attached hydrogens (tertiary/aromatic N) is 2. The molecule has 35 heavy (non-hydrogen) atoms. The molecule has 1 aromatic heterocycles.